The fourth-order valence-electron chi connectivity index (χ4n) is 10.4. The van der Waals surface area contributed by atoms with E-state index in [2.05, 4.69) is 84.2 Å². The van der Waals surface area contributed by atoms with Crippen molar-refractivity contribution in [2.75, 3.05) is 0 Å². The van der Waals surface area contributed by atoms with E-state index in [4.69, 9.17) is 48.9 Å². The van der Waals surface area contributed by atoms with Gasteiger partial charge in [0.1, 0.15) is 0 Å². The Morgan fingerprint density at radius 2 is 1.04 bits per heavy atom. The number of benzene rings is 2. The number of hydrogen-bond acceptors (Lipinski definition) is 7. The molecule has 0 N–H and O–H groups in total. The summed E-state index contributed by atoms with van der Waals surface area (Å²) in [5.41, 5.74) is 13.2. The lowest BCUT2D eigenvalue weighted by Crippen LogP contribution is -2.35. The van der Waals surface area contributed by atoms with E-state index >= 15 is 0 Å². The molecule has 0 bridgehead atoms. The van der Waals surface area contributed by atoms with Gasteiger partial charge in [0.25, 0.3) is 0 Å². The van der Waals surface area contributed by atoms with E-state index in [0.29, 0.717) is 0 Å². The van der Waals surface area contributed by atoms with Gasteiger partial charge in [0, 0.05) is 69.1 Å². The van der Waals surface area contributed by atoms with Crippen LogP contribution >= 0.6 is 82.9 Å². The van der Waals surface area contributed by atoms with Crippen LogP contribution in [0.25, 0.3) is 31.3 Å². The van der Waals surface area contributed by atoms with Crippen LogP contribution in [0.4, 0.5) is 0 Å². The Labute approximate surface area is 332 Å². The van der Waals surface area contributed by atoms with E-state index in [1.165, 1.54) is 88.9 Å². The molecular formula is C44H32S7. The first-order valence-electron chi connectivity index (χ1n) is 18.2. The Hall–Kier alpha value is -2.62. The zero-order valence-corrected chi connectivity index (χ0v) is 33.6. The van der Waals surface area contributed by atoms with Crippen molar-refractivity contribution >= 4 is 124 Å². The largest absolute Gasteiger partial charge is 0.135 e. The van der Waals surface area contributed by atoms with Crippen molar-refractivity contribution in [2.24, 2.45) is 0 Å². The highest BCUT2D eigenvalue weighted by Gasteiger charge is 2.55. The third kappa shape index (κ3) is 4.26. The molecule has 0 unspecified atom stereocenters. The average molecular weight is 785 g/mol. The van der Waals surface area contributed by atoms with Gasteiger partial charge in [-0.05, 0) is 66.7 Å². The maximum atomic E-state index is 6.10. The predicted octanol–water partition coefficient (Wildman–Crippen LogP) is 13.5. The van der Waals surface area contributed by atoms with Gasteiger partial charge in [0.05, 0.1) is 29.0 Å². The molecule has 250 valence electrons. The first-order chi connectivity index (χ1) is 24.9. The summed E-state index contributed by atoms with van der Waals surface area (Å²) in [7, 11) is 0. The van der Waals surface area contributed by atoms with E-state index in [1.54, 1.807) is 26.4 Å². The lowest BCUT2D eigenvalue weighted by molar-refractivity contribution is 0.325. The number of thiocarbonyl (C=S) groups is 4. The van der Waals surface area contributed by atoms with Crippen LogP contribution in [0.3, 0.4) is 0 Å². The lowest BCUT2D eigenvalue weighted by Gasteiger charge is -2.42. The van der Waals surface area contributed by atoms with Gasteiger partial charge in [-0.2, -0.15) is 0 Å². The summed E-state index contributed by atoms with van der Waals surface area (Å²) >= 11 is 30.2. The molecule has 7 heteroatoms. The Morgan fingerprint density at radius 3 is 1.61 bits per heavy atom. The van der Waals surface area contributed by atoms with Crippen molar-refractivity contribution in [1.82, 2.24) is 0 Å². The van der Waals surface area contributed by atoms with Gasteiger partial charge in [-0.1, -0.05) is 136 Å². The van der Waals surface area contributed by atoms with Gasteiger partial charge in [-0.3, -0.25) is 0 Å². The van der Waals surface area contributed by atoms with Crippen LogP contribution in [0.1, 0.15) is 113 Å². The monoisotopic (exact) mass is 784 g/mol. The molecule has 0 saturated heterocycles. The molecule has 2 aromatic carbocycles. The molecule has 11 rings (SSSR count). The molecular weight excluding hydrogens is 753 g/mol. The Kier molecular flexibility index (Phi) is 7.15. The fourth-order valence-corrected chi connectivity index (χ4v) is 16.3. The van der Waals surface area contributed by atoms with Gasteiger partial charge in [0.2, 0.25) is 0 Å². The van der Waals surface area contributed by atoms with Crippen molar-refractivity contribution in [1.29, 1.82) is 0 Å². The minimum atomic E-state index is 0.0380. The number of hydrogen-bond donors (Lipinski definition) is 0. The zero-order chi connectivity index (χ0) is 34.2. The third-order valence-corrected chi connectivity index (χ3v) is 18.0. The number of rotatable bonds is 2. The minimum Gasteiger partial charge on any atom is -0.135 e. The van der Waals surface area contributed by atoms with Gasteiger partial charge < -0.3 is 0 Å². The highest BCUT2D eigenvalue weighted by Crippen LogP contribution is 2.69. The summed E-state index contributed by atoms with van der Waals surface area (Å²) in [6.45, 7) is 0. The summed E-state index contributed by atoms with van der Waals surface area (Å²) in [6, 6.07) is 19.2. The molecule has 0 amide bonds. The summed E-state index contributed by atoms with van der Waals surface area (Å²) in [5.74, 6) is 0. The van der Waals surface area contributed by atoms with E-state index < -0.39 is 0 Å². The Morgan fingerprint density at radius 1 is 0.529 bits per heavy atom. The molecule has 51 heavy (non-hydrogen) atoms. The predicted molar refractivity (Wildman–Crippen MR) is 235 cm³/mol. The summed E-state index contributed by atoms with van der Waals surface area (Å²) in [6.07, 6.45) is 20.0. The average Bonchev–Trinajstić information content (AvgIpc) is 3.99. The highest BCUT2D eigenvalue weighted by molar-refractivity contribution is 7.84. The van der Waals surface area contributed by atoms with Crippen molar-refractivity contribution < 1.29 is 0 Å². The quantitative estimate of drug-likeness (QED) is 0.129. The van der Waals surface area contributed by atoms with Crippen molar-refractivity contribution in [2.45, 2.75) is 75.0 Å². The molecule has 2 fully saturated rings. The van der Waals surface area contributed by atoms with Gasteiger partial charge in [-0.25, -0.2) is 0 Å². The van der Waals surface area contributed by atoms with E-state index in [1.807, 2.05) is 22.7 Å². The zero-order valence-electron chi connectivity index (χ0n) is 27.9. The Balaban J connectivity index is 1.06. The summed E-state index contributed by atoms with van der Waals surface area (Å²) in [5, 5.41) is 0. The molecule has 3 aromatic heterocycles. The van der Waals surface area contributed by atoms with Crippen LogP contribution in [0.5, 0.6) is 0 Å². The van der Waals surface area contributed by atoms with Crippen LogP contribution < -0.4 is 0 Å². The first-order valence-corrected chi connectivity index (χ1v) is 22.3. The van der Waals surface area contributed by atoms with Crippen molar-refractivity contribution in [3.05, 3.63) is 126 Å². The number of fused-ring (bicyclic) bond motifs is 12. The second-order valence-electron chi connectivity index (χ2n) is 15.1. The van der Waals surface area contributed by atoms with Crippen LogP contribution in [0, 0.1) is 0 Å². The maximum Gasteiger partial charge on any atom is 0.0543 e. The second kappa shape index (κ2) is 11.4. The molecule has 6 aliphatic carbocycles. The molecule has 0 radical (unpaired) electrons. The molecule has 2 spiro atoms. The van der Waals surface area contributed by atoms with Crippen molar-refractivity contribution in [3.63, 3.8) is 0 Å². The maximum absolute atomic E-state index is 6.10. The third-order valence-electron chi connectivity index (χ3n) is 12.6. The molecule has 0 aliphatic heterocycles. The van der Waals surface area contributed by atoms with E-state index in [-0.39, 0.29) is 10.8 Å². The van der Waals surface area contributed by atoms with E-state index in [9.17, 15) is 0 Å². The minimum absolute atomic E-state index is 0.0380. The normalized spacial score (nSPS) is 20.7. The second-order valence-corrected chi connectivity index (χ2v) is 19.9. The van der Waals surface area contributed by atoms with Gasteiger partial charge in [0.15, 0.2) is 0 Å². The van der Waals surface area contributed by atoms with Crippen LogP contribution in [0.15, 0.2) is 77.4 Å². The van der Waals surface area contributed by atoms with Gasteiger partial charge >= 0.3 is 0 Å². The van der Waals surface area contributed by atoms with Crippen molar-refractivity contribution in [3.8, 4) is 9.75 Å². The molecule has 0 nitrogen and oxygen atoms in total. The molecule has 0 atom stereocenters. The standard InChI is InChI=1S/C44H32S7/c45-36-25-11-3-4-12-26(25)37(46)29(36)19-23-20-31-33(43(23)15-7-1-8-16-43)34-41(50-31)42-35(44(34)17-9-2-10-18-44)40-32(51-42)22-24(49-40)21-30-38(47)27-13-5-6-14-28(27)39(30)48/h3-6,11-14,19-22H,1-2,7-10,15-18H2. The fraction of sp³-hybridized carbons (Fsp3) is 0.273. The number of thiophene rings is 3. The van der Waals surface area contributed by atoms with Crippen LogP contribution in [-0.4, -0.2) is 19.5 Å². The first kappa shape index (κ1) is 31.9. The van der Waals surface area contributed by atoms with Crippen LogP contribution in [-0.2, 0) is 10.8 Å². The molecule has 2 saturated carbocycles. The lowest BCUT2D eigenvalue weighted by atomic mass is 9.61. The Bertz CT molecular complexity index is 2480. The summed E-state index contributed by atoms with van der Waals surface area (Å²) in [4.78, 5) is 9.51. The topological polar surface area (TPSA) is 0 Å². The number of allylic oxidation sites excluding steroid dienone is 4. The highest BCUT2D eigenvalue weighted by atomic mass is 32.1. The molecule has 6 aliphatic rings. The van der Waals surface area contributed by atoms with Crippen LogP contribution in [0.2, 0.25) is 0 Å². The molecule has 3 heterocycles. The van der Waals surface area contributed by atoms with E-state index in [0.717, 1.165) is 52.9 Å². The summed E-state index contributed by atoms with van der Waals surface area (Å²) < 4.78 is 2.92. The smallest absolute Gasteiger partial charge is 0.0543 e. The SMILES string of the molecule is S=C1C(=CC2=Cc3sc4c(c3C23CCCCC3)C2(CCCCC2)c2c-4sc3cc(C=C4C(=S)c5ccccc5C4=S)sc23)C(=S)c2ccccc21. The molecule has 5 aromatic rings. The van der Waals surface area contributed by atoms with Gasteiger partial charge in [-0.15, -0.1) is 34.0 Å².